The van der Waals surface area contributed by atoms with Crippen LogP contribution in [0.25, 0.3) is 11.0 Å². The summed E-state index contributed by atoms with van der Waals surface area (Å²) in [5, 5.41) is 0. The lowest BCUT2D eigenvalue weighted by atomic mass is 9.63. The normalized spacial score (nSPS) is 32.0. The molecule has 26 heavy (non-hydrogen) atoms. The highest BCUT2D eigenvalue weighted by Crippen LogP contribution is 2.70. The van der Waals surface area contributed by atoms with Gasteiger partial charge in [-0.15, -0.1) is 0 Å². The van der Waals surface area contributed by atoms with Crippen molar-refractivity contribution >= 4 is 16.9 Å². The Kier molecular flexibility index (Phi) is 3.13. The first kappa shape index (κ1) is 16.2. The number of aromatic nitrogens is 2. The maximum absolute atomic E-state index is 13.8. The summed E-state index contributed by atoms with van der Waals surface area (Å²) in [6.45, 7) is 9.34. The molecule has 2 atom stereocenters. The van der Waals surface area contributed by atoms with Crippen LogP contribution in [-0.2, 0) is 20.4 Å². The fourth-order valence-corrected chi connectivity index (χ4v) is 5.56. The largest absolute Gasteiger partial charge is 0.378 e. The molecular formula is C21H25N3O2. The lowest BCUT2D eigenvalue weighted by Crippen LogP contribution is -2.55. The van der Waals surface area contributed by atoms with Gasteiger partial charge >= 0.3 is 0 Å². The number of rotatable bonds is 1. The van der Waals surface area contributed by atoms with Gasteiger partial charge in [0, 0.05) is 18.5 Å². The van der Waals surface area contributed by atoms with Gasteiger partial charge in [-0.05, 0) is 30.4 Å². The molecule has 2 aromatic rings. The summed E-state index contributed by atoms with van der Waals surface area (Å²) >= 11 is 0. The van der Waals surface area contributed by atoms with E-state index in [2.05, 4.69) is 20.8 Å². The lowest BCUT2D eigenvalue weighted by Gasteiger charge is -2.43. The van der Waals surface area contributed by atoms with E-state index in [9.17, 15) is 4.79 Å². The van der Waals surface area contributed by atoms with Crippen LogP contribution in [0.3, 0.4) is 0 Å². The average Bonchev–Trinajstić information content (AvgIpc) is 2.96. The minimum Gasteiger partial charge on any atom is -0.378 e. The molecule has 2 fully saturated rings. The van der Waals surface area contributed by atoms with Gasteiger partial charge in [0.1, 0.15) is 0 Å². The van der Waals surface area contributed by atoms with Crippen molar-refractivity contribution < 1.29 is 9.53 Å². The summed E-state index contributed by atoms with van der Waals surface area (Å²) in [7, 11) is 0. The Labute approximate surface area is 153 Å². The van der Waals surface area contributed by atoms with Crippen LogP contribution in [0, 0.1) is 5.41 Å². The maximum Gasteiger partial charge on any atom is 0.235 e. The smallest absolute Gasteiger partial charge is 0.235 e. The molecule has 1 saturated carbocycles. The van der Waals surface area contributed by atoms with Crippen molar-refractivity contribution in [2.75, 3.05) is 26.3 Å². The molecule has 0 N–H and O–H groups in total. The van der Waals surface area contributed by atoms with Crippen molar-refractivity contribution in [3.8, 4) is 0 Å². The van der Waals surface area contributed by atoms with Crippen molar-refractivity contribution in [1.29, 1.82) is 0 Å². The highest BCUT2D eigenvalue weighted by Gasteiger charge is 2.73. The van der Waals surface area contributed by atoms with Crippen LogP contribution < -0.4 is 0 Å². The van der Waals surface area contributed by atoms with E-state index >= 15 is 0 Å². The fourth-order valence-electron chi connectivity index (χ4n) is 5.56. The van der Waals surface area contributed by atoms with E-state index in [4.69, 9.17) is 14.7 Å². The van der Waals surface area contributed by atoms with Crippen LogP contribution in [0.1, 0.15) is 45.0 Å². The molecular weight excluding hydrogens is 326 g/mol. The van der Waals surface area contributed by atoms with Crippen molar-refractivity contribution in [3.63, 3.8) is 0 Å². The molecule has 5 rings (SSSR count). The molecule has 1 saturated heterocycles. The summed E-state index contributed by atoms with van der Waals surface area (Å²) in [5.41, 5.74) is 2.85. The van der Waals surface area contributed by atoms with Crippen molar-refractivity contribution in [2.24, 2.45) is 5.41 Å². The molecule has 1 aliphatic heterocycles. The average molecular weight is 351 g/mol. The van der Waals surface area contributed by atoms with Gasteiger partial charge in [0.05, 0.1) is 41.1 Å². The minimum absolute atomic E-state index is 0.124. The van der Waals surface area contributed by atoms with Gasteiger partial charge in [0.2, 0.25) is 5.91 Å². The number of ether oxygens (including phenoxy) is 1. The Morgan fingerprint density at radius 2 is 1.62 bits per heavy atom. The maximum atomic E-state index is 13.8. The van der Waals surface area contributed by atoms with Gasteiger partial charge < -0.3 is 9.64 Å². The minimum atomic E-state index is -0.578. The molecule has 5 heteroatoms. The number of morpholine rings is 1. The number of hydrogen-bond donors (Lipinski definition) is 0. The third kappa shape index (κ3) is 1.68. The Bertz CT molecular complexity index is 919. The number of benzene rings is 1. The quantitative estimate of drug-likeness (QED) is 0.793. The third-order valence-corrected chi connectivity index (χ3v) is 7.61. The predicted molar refractivity (Wildman–Crippen MR) is 99.0 cm³/mol. The van der Waals surface area contributed by atoms with Crippen LogP contribution in [0.2, 0.25) is 0 Å². The zero-order chi connectivity index (χ0) is 18.2. The lowest BCUT2D eigenvalue weighted by molar-refractivity contribution is -0.145. The van der Waals surface area contributed by atoms with Crippen LogP contribution in [0.4, 0.5) is 0 Å². The Hall–Kier alpha value is -2.01. The Morgan fingerprint density at radius 1 is 1.00 bits per heavy atom. The number of carbonyl (C=O) groups is 1. The molecule has 5 nitrogen and oxygen atoms in total. The van der Waals surface area contributed by atoms with Gasteiger partial charge in [-0.25, -0.2) is 9.97 Å². The molecule has 0 unspecified atom stereocenters. The first-order chi connectivity index (χ1) is 12.4. The van der Waals surface area contributed by atoms with Gasteiger partial charge in [-0.2, -0.15) is 0 Å². The van der Waals surface area contributed by atoms with Crippen LogP contribution in [-0.4, -0.2) is 47.1 Å². The number of para-hydroxylation sites is 2. The zero-order valence-corrected chi connectivity index (χ0v) is 15.7. The Morgan fingerprint density at radius 3 is 2.27 bits per heavy atom. The van der Waals surface area contributed by atoms with E-state index in [0.717, 1.165) is 35.3 Å². The number of carbonyl (C=O) groups excluding carboxylic acids is 1. The van der Waals surface area contributed by atoms with Crippen molar-refractivity contribution in [2.45, 2.75) is 44.4 Å². The molecule has 136 valence electrons. The molecule has 2 heterocycles. The van der Waals surface area contributed by atoms with E-state index in [-0.39, 0.29) is 16.7 Å². The van der Waals surface area contributed by atoms with E-state index in [0.29, 0.717) is 26.3 Å². The molecule has 1 aromatic heterocycles. The van der Waals surface area contributed by atoms with Gasteiger partial charge in [-0.3, -0.25) is 4.79 Å². The summed E-state index contributed by atoms with van der Waals surface area (Å²) < 4.78 is 5.47. The second-order valence-corrected chi connectivity index (χ2v) is 8.68. The molecule has 0 spiro atoms. The summed E-state index contributed by atoms with van der Waals surface area (Å²) in [6.07, 6.45) is 1.84. The van der Waals surface area contributed by atoms with E-state index in [1.54, 1.807) is 0 Å². The van der Waals surface area contributed by atoms with E-state index in [1.165, 1.54) is 0 Å². The van der Waals surface area contributed by atoms with E-state index in [1.807, 2.05) is 29.2 Å². The monoisotopic (exact) mass is 351 g/mol. The predicted octanol–water partition coefficient (Wildman–Crippen LogP) is 2.82. The zero-order valence-electron chi connectivity index (χ0n) is 15.7. The molecule has 2 aliphatic carbocycles. The second-order valence-electron chi connectivity index (χ2n) is 8.68. The summed E-state index contributed by atoms with van der Waals surface area (Å²) in [5.74, 6) is 0.220. The van der Waals surface area contributed by atoms with Crippen LogP contribution >= 0.6 is 0 Å². The molecule has 3 aliphatic rings. The van der Waals surface area contributed by atoms with Crippen molar-refractivity contribution in [3.05, 3.63) is 35.7 Å². The topological polar surface area (TPSA) is 55.3 Å². The molecule has 0 radical (unpaired) electrons. The first-order valence-electron chi connectivity index (χ1n) is 9.57. The molecule has 1 amide bonds. The third-order valence-electron chi connectivity index (χ3n) is 7.61. The number of amides is 1. The summed E-state index contributed by atoms with van der Waals surface area (Å²) in [6, 6.07) is 8.00. The van der Waals surface area contributed by atoms with Gasteiger partial charge in [0.15, 0.2) is 0 Å². The first-order valence-corrected chi connectivity index (χ1v) is 9.57. The van der Waals surface area contributed by atoms with Gasteiger partial charge in [0.25, 0.3) is 0 Å². The van der Waals surface area contributed by atoms with Crippen LogP contribution in [0.15, 0.2) is 24.3 Å². The second kappa shape index (κ2) is 5.03. The van der Waals surface area contributed by atoms with Crippen LogP contribution in [0.5, 0.6) is 0 Å². The SMILES string of the molecule is CC1(C)[C@]2(C(=O)N3CCOCC3)CC[C@]1(C)c1nc3ccccc3nc12. The molecule has 1 aromatic carbocycles. The number of hydrogen-bond acceptors (Lipinski definition) is 4. The highest BCUT2D eigenvalue weighted by molar-refractivity contribution is 5.93. The standard InChI is InChI=1S/C21H25N3O2/c1-19(2)20(3)8-9-21(19,18(25)24-10-12-26-13-11-24)17-16(20)22-14-6-4-5-7-15(14)23-17/h4-7H,8-13H2,1-3H3/t20-,21-/m1/s1. The number of nitrogens with zero attached hydrogens (tertiary/aromatic N) is 3. The molecule has 2 bridgehead atoms. The summed E-state index contributed by atoms with van der Waals surface area (Å²) in [4.78, 5) is 25.9. The fraction of sp³-hybridized carbons (Fsp3) is 0.571. The van der Waals surface area contributed by atoms with Crippen molar-refractivity contribution in [1.82, 2.24) is 14.9 Å². The Balaban J connectivity index is 1.75. The van der Waals surface area contributed by atoms with E-state index < -0.39 is 5.41 Å². The van der Waals surface area contributed by atoms with Gasteiger partial charge in [-0.1, -0.05) is 32.9 Å². The number of fused-ring (bicyclic) bond motifs is 6. The highest BCUT2D eigenvalue weighted by atomic mass is 16.5.